The maximum atomic E-state index is 13.1. The van der Waals surface area contributed by atoms with Crippen LogP contribution in [0.2, 0.25) is 5.02 Å². The average Bonchev–Trinajstić information content (AvgIpc) is 2.65. The van der Waals surface area contributed by atoms with Crippen LogP contribution < -0.4 is 4.74 Å². The number of hydrogen-bond acceptors (Lipinski definition) is 4. The van der Waals surface area contributed by atoms with Crippen molar-refractivity contribution in [3.63, 3.8) is 0 Å². The number of aryl methyl sites for hydroxylation is 1. The molecule has 1 fully saturated rings. The summed E-state index contributed by atoms with van der Waals surface area (Å²) in [5.74, 6) is 0.332. The maximum Gasteiger partial charge on any atom is 0.246 e. The molecule has 1 aliphatic rings. The van der Waals surface area contributed by atoms with Gasteiger partial charge in [0.2, 0.25) is 10.0 Å². The summed E-state index contributed by atoms with van der Waals surface area (Å²) < 4.78 is 32.9. The van der Waals surface area contributed by atoms with Crippen LogP contribution in [0.3, 0.4) is 0 Å². The van der Waals surface area contributed by atoms with Gasteiger partial charge in [-0.05, 0) is 30.2 Å². The summed E-state index contributed by atoms with van der Waals surface area (Å²) in [4.78, 5) is 2.40. The van der Waals surface area contributed by atoms with Gasteiger partial charge in [-0.15, -0.1) is 0 Å². The van der Waals surface area contributed by atoms with Gasteiger partial charge in [-0.25, -0.2) is 8.42 Å². The molecule has 0 atom stereocenters. The number of rotatable bonds is 5. The molecular formula is C19H23ClN2O3S. The van der Waals surface area contributed by atoms with Gasteiger partial charge in [-0.1, -0.05) is 41.9 Å². The molecule has 3 rings (SSSR count). The zero-order chi connectivity index (χ0) is 18.7. The lowest BCUT2D eigenvalue weighted by atomic mass is 10.2. The van der Waals surface area contributed by atoms with E-state index < -0.39 is 10.0 Å². The molecular weight excluding hydrogens is 372 g/mol. The summed E-state index contributed by atoms with van der Waals surface area (Å²) in [5.41, 5.74) is 2.02. The molecule has 0 saturated carbocycles. The Morgan fingerprint density at radius 2 is 1.73 bits per heavy atom. The van der Waals surface area contributed by atoms with Crippen LogP contribution in [0.4, 0.5) is 0 Å². The standard InChI is InChI=1S/C19H23ClN2O3S/c1-15-12-18(25-2)19(13-17(15)20)26(23,24)22-10-8-21(9-11-22)14-16-6-4-3-5-7-16/h3-7,12-13H,8-11,14H2,1-2H3. The fourth-order valence-electron chi connectivity index (χ4n) is 3.11. The van der Waals surface area contributed by atoms with E-state index in [4.69, 9.17) is 16.3 Å². The molecule has 0 aromatic heterocycles. The number of halogens is 1. The molecule has 26 heavy (non-hydrogen) atoms. The predicted octanol–water partition coefficient (Wildman–Crippen LogP) is 3.16. The van der Waals surface area contributed by atoms with E-state index in [0.717, 1.165) is 12.1 Å². The summed E-state index contributed by atoms with van der Waals surface area (Å²) in [6, 6.07) is 13.4. The largest absolute Gasteiger partial charge is 0.495 e. The molecule has 0 amide bonds. The molecule has 0 bridgehead atoms. The van der Waals surface area contributed by atoms with Crippen LogP contribution >= 0.6 is 11.6 Å². The highest BCUT2D eigenvalue weighted by molar-refractivity contribution is 7.89. The molecule has 0 spiro atoms. The second-order valence-electron chi connectivity index (χ2n) is 6.42. The Morgan fingerprint density at radius 1 is 1.08 bits per heavy atom. The minimum Gasteiger partial charge on any atom is -0.495 e. The fourth-order valence-corrected chi connectivity index (χ4v) is 4.92. The van der Waals surface area contributed by atoms with Gasteiger partial charge in [0, 0.05) is 37.7 Å². The van der Waals surface area contributed by atoms with Crippen molar-refractivity contribution in [3.8, 4) is 5.75 Å². The first kappa shape index (κ1) is 19.2. The average molecular weight is 395 g/mol. The Bertz CT molecular complexity index is 864. The molecule has 0 radical (unpaired) electrons. The molecule has 1 aliphatic heterocycles. The molecule has 0 aliphatic carbocycles. The van der Waals surface area contributed by atoms with Gasteiger partial charge in [0.15, 0.2) is 0 Å². The summed E-state index contributed by atoms with van der Waals surface area (Å²) in [7, 11) is -2.17. The SMILES string of the molecule is COc1cc(C)c(Cl)cc1S(=O)(=O)N1CCN(Cc2ccccc2)CC1. The van der Waals surface area contributed by atoms with Crippen molar-refractivity contribution in [1.29, 1.82) is 0 Å². The quantitative estimate of drug-likeness (QED) is 0.781. The van der Waals surface area contributed by atoms with Crippen molar-refractivity contribution < 1.29 is 13.2 Å². The van der Waals surface area contributed by atoms with Crippen molar-refractivity contribution >= 4 is 21.6 Å². The minimum absolute atomic E-state index is 0.132. The third-order valence-electron chi connectivity index (χ3n) is 4.64. The Kier molecular flexibility index (Phi) is 5.87. The van der Waals surface area contributed by atoms with E-state index in [2.05, 4.69) is 17.0 Å². The minimum atomic E-state index is -3.64. The lowest BCUT2D eigenvalue weighted by Crippen LogP contribution is -2.48. The topological polar surface area (TPSA) is 49.9 Å². The van der Waals surface area contributed by atoms with Gasteiger partial charge in [0.05, 0.1) is 7.11 Å². The van der Waals surface area contributed by atoms with E-state index in [1.165, 1.54) is 23.0 Å². The lowest BCUT2D eigenvalue weighted by molar-refractivity contribution is 0.181. The molecule has 7 heteroatoms. The number of nitrogens with zero attached hydrogens (tertiary/aromatic N) is 2. The Hall–Kier alpha value is -1.60. The van der Waals surface area contributed by atoms with Crippen LogP contribution in [0.1, 0.15) is 11.1 Å². The van der Waals surface area contributed by atoms with Crippen molar-refractivity contribution in [3.05, 3.63) is 58.6 Å². The third-order valence-corrected chi connectivity index (χ3v) is 6.97. The zero-order valence-corrected chi connectivity index (χ0v) is 16.6. The van der Waals surface area contributed by atoms with Crippen LogP contribution in [0, 0.1) is 6.92 Å². The summed E-state index contributed by atoms with van der Waals surface area (Å²) in [6.07, 6.45) is 0. The Labute approximate surface area is 160 Å². The molecule has 2 aromatic rings. The van der Waals surface area contributed by atoms with E-state index >= 15 is 0 Å². The monoisotopic (exact) mass is 394 g/mol. The first-order chi connectivity index (χ1) is 12.4. The van der Waals surface area contributed by atoms with Gasteiger partial charge in [-0.3, -0.25) is 4.90 Å². The number of hydrogen-bond donors (Lipinski definition) is 0. The third kappa shape index (κ3) is 4.04. The van der Waals surface area contributed by atoms with Crippen LogP contribution in [0.5, 0.6) is 5.75 Å². The van der Waals surface area contributed by atoms with Crippen LogP contribution in [0.25, 0.3) is 0 Å². The number of methoxy groups -OCH3 is 1. The Balaban J connectivity index is 1.73. The highest BCUT2D eigenvalue weighted by Crippen LogP contribution is 2.32. The maximum absolute atomic E-state index is 13.1. The van der Waals surface area contributed by atoms with Crippen LogP contribution in [-0.2, 0) is 16.6 Å². The molecule has 5 nitrogen and oxygen atoms in total. The highest BCUT2D eigenvalue weighted by atomic mass is 35.5. The zero-order valence-electron chi connectivity index (χ0n) is 15.0. The van der Waals surface area contributed by atoms with E-state index in [0.29, 0.717) is 37.0 Å². The smallest absolute Gasteiger partial charge is 0.246 e. The second kappa shape index (κ2) is 7.96. The van der Waals surface area contributed by atoms with E-state index in [1.807, 2.05) is 25.1 Å². The van der Waals surface area contributed by atoms with Gasteiger partial charge in [0.25, 0.3) is 0 Å². The van der Waals surface area contributed by atoms with Crippen LogP contribution in [0.15, 0.2) is 47.4 Å². The van der Waals surface area contributed by atoms with Crippen molar-refractivity contribution in [2.24, 2.45) is 0 Å². The molecule has 140 valence electrons. The normalized spacial score (nSPS) is 16.6. The lowest BCUT2D eigenvalue weighted by Gasteiger charge is -2.34. The van der Waals surface area contributed by atoms with E-state index in [9.17, 15) is 8.42 Å². The molecule has 0 N–H and O–H groups in total. The molecule has 0 unspecified atom stereocenters. The first-order valence-corrected chi connectivity index (χ1v) is 10.3. The first-order valence-electron chi connectivity index (χ1n) is 8.52. The number of piperazine rings is 1. The number of benzene rings is 2. The van der Waals surface area contributed by atoms with Crippen molar-refractivity contribution in [1.82, 2.24) is 9.21 Å². The highest BCUT2D eigenvalue weighted by Gasteiger charge is 2.31. The van der Waals surface area contributed by atoms with Gasteiger partial charge in [-0.2, -0.15) is 4.31 Å². The predicted molar refractivity (Wildman–Crippen MR) is 103 cm³/mol. The summed E-state index contributed by atoms with van der Waals surface area (Å²) in [6.45, 7) is 4.93. The molecule has 1 heterocycles. The molecule has 1 saturated heterocycles. The summed E-state index contributed by atoms with van der Waals surface area (Å²) >= 11 is 6.15. The van der Waals surface area contributed by atoms with Gasteiger partial charge in [0.1, 0.15) is 10.6 Å². The summed E-state index contributed by atoms with van der Waals surface area (Å²) in [5, 5.41) is 0.423. The van der Waals surface area contributed by atoms with Gasteiger partial charge >= 0.3 is 0 Å². The fraction of sp³-hybridized carbons (Fsp3) is 0.368. The van der Waals surface area contributed by atoms with Crippen molar-refractivity contribution in [2.75, 3.05) is 33.3 Å². The molecule has 2 aromatic carbocycles. The van der Waals surface area contributed by atoms with Crippen LogP contribution in [-0.4, -0.2) is 50.9 Å². The second-order valence-corrected chi connectivity index (χ2v) is 8.73. The Morgan fingerprint density at radius 3 is 2.35 bits per heavy atom. The number of ether oxygens (including phenoxy) is 1. The van der Waals surface area contributed by atoms with E-state index in [-0.39, 0.29) is 4.90 Å². The van der Waals surface area contributed by atoms with Crippen molar-refractivity contribution in [2.45, 2.75) is 18.4 Å². The van der Waals surface area contributed by atoms with E-state index in [1.54, 1.807) is 6.07 Å². The van der Waals surface area contributed by atoms with Gasteiger partial charge < -0.3 is 4.74 Å². The number of sulfonamides is 1.